The Morgan fingerprint density at radius 2 is 2.00 bits per heavy atom. The van der Waals surface area contributed by atoms with Crippen molar-refractivity contribution >= 4 is 17.7 Å². The lowest BCUT2D eigenvalue weighted by Gasteiger charge is -2.01. The Bertz CT molecular complexity index is 557. The lowest BCUT2D eigenvalue weighted by molar-refractivity contribution is -0.387. The highest BCUT2D eigenvalue weighted by Crippen LogP contribution is 2.26. The zero-order chi connectivity index (χ0) is 14.6. The topological polar surface area (TPSA) is 69.4 Å². The molecule has 0 spiro atoms. The first kappa shape index (κ1) is 14.7. The van der Waals surface area contributed by atoms with Gasteiger partial charge in [0, 0.05) is 17.7 Å². The van der Waals surface area contributed by atoms with Crippen LogP contribution in [0.25, 0.3) is 6.08 Å². The molecule has 8 heteroatoms. The third-order valence-corrected chi connectivity index (χ3v) is 2.04. The molecule has 0 heterocycles. The van der Waals surface area contributed by atoms with Gasteiger partial charge in [-0.25, -0.2) is 13.6 Å². The van der Waals surface area contributed by atoms with E-state index in [0.717, 1.165) is 12.2 Å². The van der Waals surface area contributed by atoms with E-state index in [2.05, 4.69) is 4.74 Å². The summed E-state index contributed by atoms with van der Waals surface area (Å²) >= 11 is 0. The normalized spacial score (nSPS) is 10.7. The highest BCUT2D eigenvalue weighted by Gasteiger charge is 2.24. The lowest BCUT2D eigenvalue weighted by atomic mass is 10.1. The van der Waals surface area contributed by atoms with Gasteiger partial charge in [0.2, 0.25) is 11.6 Å². The van der Waals surface area contributed by atoms with Crippen molar-refractivity contribution in [1.29, 1.82) is 0 Å². The van der Waals surface area contributed by atoms with E-state index in [1.165, 1.54) is 6.92 Å². The fourth-order valence-corrected chi connectivity index (χ4v) is 1.21. The summed E-state index contributed by atoms with van der Waals surface area (Å²) in [6.07, 6.45) is 1.52. The van der Waals surface area contributed by atoms with Crippen molar-refractivity contribution < 1.29 is 27.6 Å². The number of rotatable bonds is 4. The number of ether oxygens (including phenoxy) is 1. The quantitative estimate of drug-likeness (QED) is 0.278. The fraction of sp³-hybridized carbons (Fsp3) is 0.182. The second-order valence-corrected chi connectivity index (χ2v) is 3.27. The SMILES string of the molecule is CCOC(=O)/C=C/c1cc([N+](=O)[O-])c(F)c(F)c1F. The first-order valence-electron chi connectivity index (χ1n) is 5.05. The highest BCUT2D eigenvalue weighted by molar-refractivity contribution is 5.87. The molecule has 19 heavy (non-hydrogen) atoms. The van der Waals surface area contributed by atoms with E-state index in [-0.39, 0.29) is 6.61 Å². The van der Waals surface area contributed by atoms with Crippen LogP contribution in [-0.2, 0) is 9.53 Å². The molecule has 0 unspecified atom stereocenters. The van der Waals surface area contributed by atoms with Gasteiger partial charge in [0.15, 0.2) is 5.82 Å². The standard InChI is InChI=1S/C11H8F3NO4/c1-2-19-8(16)4-3-6-5-7(15(17)18)10(13)11(14)9(6)12/h3-5H,2H2,1H3/b4-3+. The van der Waals surface area contributed by atoms with Crippen molar-refractivity contribution in [2.24, 2.45) is 0 Å². The Morgan fingerprint density at radius 1 is 1.37 bits per heavy atom. The van der Waals surface area contributed by atoms with Gasteiger partial charge in [0.25, 0.3) is 0 Å². The minimum absolute atomic E-state index is 0.0730. The van der Waals surface area contributed by atoms with Crippen LogP contribution in [-0.4, -0.2) is 17.5 Å². The summed E-state index contributed by atoms with van der Waals surface area (Å²) < 4.78 is 43.9. The van der Waals surface area contributed by atoms with Crippen LogP contribution in [0.15, 0.2) is 12.1 Å². The van der Waals surface area contributed by atoms with E-state index in [9.17, 15) is 28.1 Å². The summed E-state index contributed by atoms with van der Waals surface area (Å²) in [7, 11) is 0. The van der Waals surface area contributed by atoms with Gasteiger partial charge in [-0.05, 0) is 13.0 Å². The number of hydrogen-bond donors (Lipinski definition) is 0. The molecule has 0 saturated carbocycles. The molecule has 0 atom stereocenters. The molecule has 1 aromatic carbocycles. The predicted octanol–water partition coefficient (Wildman–Crippen LogP) is 2.59. The molecule has 1 aromatic rings. The van der Waals surface area contributed by atoms with Gasteiger partial charge in [-0.1, -0.05) is 0 Å². The van der Waals surface area contributed by atoms with E-state index in [1.54, 1.807) is 0 Å². The number of esters is 1. The molecule has 0 saturated heterocycles. The summed E-state index contributed by atoms with van der Waals surface area (Å²) in [5.74, 6) is -6.33. The molecular weight excluding hydrogens is 267 g/mol. The molecule has 1 rings (SSSR count). The first-order valence-corrected chi connectivity index (χ1v) is 5.05. The molecule has 102 valence electrons. The van der Waals surface area contributed by atoms with Crippen molar-refractivity contribution in [3.63, 3.8) is 0 Å². The van der Waals surface area contributed by atoms with Gasteiger partial charge in [0.05, 0.1) is 11.5 Å². The number of nitro benzene ring substituents is 1. The minimum atomic E-state index is -1.97. The Hall–Kier alpha value is -2.38. The summed E-state index contributed by atoms with van der Waals surface area (Å²) in [6, 6.07) is 0.490. The average Bonchev–Trinajstić information content (AvgIpc) is 2.35. The zero-order valence-corrected chi connectivity index (χ0v) is 9.65. The van der Waals surface area contributed by atoms with Crippen molar-refractivity contribution in [3.05, 3.63) is 45.3 Å². The Balaban J connectivity index is 3.22. The second-order valence-electron chi connectivity index (χ2n) is 3.27. The van der Waals surface area contributed by atoms with Crippen molar-refractivity contribution in [2.75, 3.05) is 6.61 Å². The monoisotopic (exact) mass is 275 g/mol. The van der Waals surface area contributed by atoms with Gasteiger partial charge in [0.1, 0.15) is 0 Å². The Morgan fingerprint density at radius 3 is 2.53 bits per heavy atom. The van der Waals surface area contributed by atoms with Crippen LogP contribution in [0.1, 0.15) is 12.5 Å². The molecule has 0 aliphatic rings. The molecular formula is C11H8F3NO4. The van der Waals surface area contributed by atoms with Gasteiger partial charge in [-0.15, -0.1) is 0 Å². The number of carbonyl (C=O) groups is 1. The van der Waals surface area contributed by atoms with Crippen LogP contribution in [0.4, 0.5) is 18.9 Å². The van der Waals surface area contributed by atoms with E-state index in [0.29, 0.717) is 6.07 Å². The highest BCUT2D eigenvalue weighted by atomic mass is 19.2. The van der Waals surface area contributed by atoms with Gasteiger partial charge >= 0.3 is 11.7 Å². The third kappa shape index (κ3) is 3.30. The fourth-order valence-electron chi connectivity index (χ4n) is 1.21. The number of hydrogen-bond acceptors (Lipinski definition) is 4. The molecule has 0 aliphatic heterocycles. The first-order chi connectivity index (χ1) is 8.88. The van der Waals surface area contributed by atoms with Gasteiger partial charge in [-0.3, -0.25) is 10.1 Å². The molecule has 0 aromatic heterocycles. The summed E-state index contributed by atoms with van der Waals surface area (Å²) in [4.78, 5) is 20.2. The number of nitrogens with zero attached hydrogens (tertiary/aromatic N) is 1. The molecule has 5 nitrogen and oxygen atoms in total. The summed E-state index contributed by atoms with van der Waals surface area (Å²) in [6.45, 7) is 1.61. The van der Waals surface area contributed by atoms with Crippen molar-refractivity contribution in [2.45, 2.75) is 6.92 Å². The third-order valence-electron chi connectivity index (χ3n) is 2.04. The Labute approximate surface area is 105 Å². The molecule has 0 bridgehead atoms. The van der Waals surface area contributed by atoms with Crippen molar-refractivity contribution in [3.8, 4) is 0 Å². The van der Waals surface area contributed by atoms with Crippen LogP contribution in [0.2, 0.25) is 0 Å². The minimum Gasteiger partial charge on any atom is -0.463 e. The predicted molar refractivity (Wildman–Crippen MR) is 58.6 cm³/mol. The molecule has 0 radical (unpaired) electrons. The van der Waals surface area contributed by atoms with Crippen LogP contribution in [0, 0.1) is 27.6 Å². The number of benzene rings is 1. The van der Waals surface area contributed by atoms with E-state index >= 15 is 0 Å². The van der Waals surface area contributed by atoms with Crippen LogP contribution < -0.4 is 0 Å². The number of carbonyl (C=O) groups excluding carboxylic acids is 1. The Kier molecular flexibility index (Phi) is 4.62. The maximum Gasteiger partial charge on any atom is 0.330 e. The van der Waals surface area contributed by atoms with Crippen LogP contribution >= 0.6 is 0 Å². The smallest absolute Gasteiger partial charge is 0.330 e. The van der Waals surface area contributed by atoms with Gasteiger partial charge in [-0.2, -0.15) is 4.39 Å². The van der Waals surface area contributed by atoms with E-state index < -0.39 is 39.6 Å². The lowest BCUT2D eigenvalue weighted by Crippen LogP contribution is -2.02. The molecule has 0 aliphatic carbocycles. The maximum atomic E-state index is 13.3. The zero-order valence-electron chi connectivity index (χ0n) is 9.65. The van der Waals surface area contributed by atoms with Gasteiger partial charge < -0.3 is 4.74 Å². The summed E-state index contributed by atoms with van der Waals surface area (Å²) in [5.41, 5.74) is -1.85. The molecule has 0 amide bonds. The van der Waals surface area contributed by atoms with E-state index in [1.807, 2.05) is 0 Å². The second kappa shape index (κ2) is 5.98. The van der Waals surface area contributed by atoms with Crippen LogP contribution in [0.3, 0.4) is 0 Å². The van der Waals surface area contributed by atoms with Crippen molar-refractivity contribution in [1.82, 2.24) is 0 Å². The average molecular weight is 275 g/mol. The van der Waals surface area contributed by atoms with Crippen LogP contribution in [0.5, 0.6) is 0 Å². The largest absolute Gasteiger partial charge is 0.463 e. The molecule has 0 fully saturated rings. The molecule has 0 N–H and O–H groups in total. The summed E-state index contributed by atoms with van der Waals surface area (Å²) in [5, 5.41) is 10.4. The van der Waals surface area contributed by atoms with E-state index in [4.69, 9.17) is 0 Å². The maximum absolute atomic E-state index is 13.3. The number of nitro groups is 1. The number of halogens is 3.